The Morgan fingerprint density at radius 3 is 2.53 bits per heavy atom. The molecule has 1 atom stereocenters. The summed E-state index contributed by atoms with van der Waals surface area (Å²) in [4.78, 5) is 0. The van der Waals surface area contributed by atoms with Crippen molar-refractivity contribution in [2.45, 2.75) is 13.0 Å². The molecule has 1 heterocycles. The molecule has 2 nitrogen and oxygen atoms in total. The number of halogens is 2. The zero-order chi connectivity index (χ0) is 12.4. The second kappa shape index (κ2) is 5.38. The lowest BCUT2D eigenvalue weighted by molar-refractivity contribution is 0.636. The highest BCUT2D eigenvalue weighted by Gasteiger charge is 2.16. The van der Waals surface area contributed by atoms with E-state index in [1.54, 1.807) is 17.4 Å². The van der Waals surface area contributed by atoms with E-state index in [4.69, 9.17) is 29.0 Å². The van der Waals surface area contributed by atoms with Gasteiger partial charge in [-0.05, 0) is 46.5 Å². The van der Waals surface area contributed by atoms with Gasteiger partial charge >= 0.3 is 0 Å². The molecular formula is C12H12Cl2N2S. The molecule has 0 saturated carbocycles. The Labute approximate surface area is 114 Å². The summed E-state index contributed by atoms with van der Waals surface area (Å²) in [5.41, 5.74) is 6.19. The van der Waals surface area contributed by atoms with Crippen molar-refractivity contribution in [2.75, 3.05) is 0 Å². The molecule has 90 valence electrons. The van der Waals surface area contributed by atoms with Gasteiger partial charge in [-0.15, -0.1) is 0 Å². The van der Waals surface area contributed by atoms with Gasteiger partial charge in [-0.25, -0.2) is 5.43 Å². The van der Waals surface area contributed by atoms with Gasteiger partial charge in [0.1, 0.15) is 0 Å². The molecule has 1 aromatic heterocycles. The molecule has 1 unspecified atom stereocenters. The van der Waals surface area contributed by atoms with E-state index in [0.29, 0.717) is 10.0 Å². The van der Waals surface area contributed by atoms with Gasteiger partial charge in [0.2, 0.25) is 0 Å². The summed E-state index contributed by atoms with van der Waals surface area (Å²) in [6.45, 7) is 2.06. The smallest absolute Gasteiger partial charge is 0.0721 e. The van der Waals surface area contributed by atoms with Gasteiger partial charge in [0.15, 0.2) is 0 Å². The fourth-order valence-corrected chi connectivity index (χ4v) is 2.91. The fourth-order valence-electron chi connectivity index (χ4n) is 1.72. The Morgan fingerprint density at radius 2 is 2.00 bits per heavy atom. The fraction of sp³-hybridized carbons (Fsp3) is 0.167. The van der Waals surface area contributed by atoms with Crippen LogP contribution in [0.4, 0.5) is 0 Å². The third-order valence-corrected chi connectivity index (χ3v) is 4.27. The molecule has 3 N–H and O–H groups in total. The van der Waals surface area contributed by atoms with Gasteiger partial charge in [0, 0.05) is 0 Å². The second-order valence-corrected chi connectivity index (χ2v) is 5.34. The maximum absolute atomic E-state index is 6.02. The zero-order valence-electron chi connectivity index (χ0n) is 9.21. The summed E-state index contributed by atoms with van der Waals surface area (Å²) in [7, 11) is 0. The van der Waals surface area contributed by atoms with Crippen LogP contribution in [0.5, 0.6) is 0 Å². The Morgan fingerprint density at radius 1 is 1.24 bits per heavy atom. The molecule has 0 saturated heterocycles. The predicted molar refractivity (Wildman–Crippen MR) is 74.7 cm³/mol. The molecular weight excluding hydrogens is 275 g/mol. The van der Waals surface area contributed by atoms with E-state index in [0.717, 1.165) is 11.1 Å². The molecule has 0 fully saturated rings. The third-order valence-electron chi connectivity index (χ3n) is 2.65. The first kappa shape index (κ1) is 12.9. The van der Waals surface area contributed by atoms with Crippen LogP contribution in [0.25, 0.3) is 0 Å². The van der Waals surface area contributed by atoms with Crippen LogP contribution in [0.15, 0.2) is 29.0 Å². The molecule has 0 amide bonds. The van der Waals surface area contributed by atoms with Gasteiger partial charge < -0.3 is 0 Å². The molecule has 0 aliphatic carbocycles. The molecule has 0 radical (unpaired) electrons. The average Bonchev–Trinajstić information content (AvgIpc) is 2.71. The second-order valence-electron chi connectivity index (χ2n) is 3.78. The van der Waals surface area contributed by atoms with Crippen molar-refractivity contribution in [2.24, 2.45) is 5.84 Å². The quantitative estimate of drug-likeness (QED) is 0.663. The molecule has 0 spiro atoms. The van der Waals surface area contributed by atoms with Crippen LogP contribution in [-0.2, 0) is 0 Å². The molecule has 0 bridgehead atoms. The van der Waals surface area contributed by atoms with E-state index in [2.05, 4.69) is 23.1 Å². The highest BCUT2D eigenvalue weighted by Crippen LogP contribution is 2.31. The van der Waals surface area contributed by atoms with Crippen molar-refractivity contribution < 1.29 is 0 Å². The lowest BCUT2D eigenvalue weighted by atomic mass is 9.99. The summed E-state index contributed by atoms with van der Waals surface area (Å²) < 4.78 is 0. The summed E-state index contributed by atoms with van der Waals surface area (Å²) in [5, 5.41) is 5.27. The maximum atomic E-state index is 6.02. The first-order valence-corrected chi connectivity index (χ1v) is 6.77. The normalized spacial score (nSPS) is 12.7. The van der Waals surface area contributed by atoms with Gasteiger partial charge in [0.05, 0.1) is 16.1 Å². The molecule has 17 heavy (non-hydrogen) atoms. The molecule has 2 aromatic rings. The number of nitrogens with one attached hydrogen (secondary N) is 1. The Bertz CT molecular complexity index is 525. The minimum absolute atomic E-state index is 0.0592. The van der Waals surface area contributed by atoms with E-state index >= 15 is 0 Å². The lowest BCUT2D eigenvalue weighted by Crippen LogP contribution is -2.28. The van der Waals surface area contributed by atoms with Crippen LogP contribution in [0, 0.1) is 6.92 Å². The molecule has 5 heteroatoms. The summed E-state index contributed by atoms with van der Waals surface area (Å²) in [5.74, 6) is 5.63. The van der Waals surface area contributed by atoms with Crippen LogP contribution >= 0.6 is 34.5 Å². The van der Waals surface area contributed by atoms with E-state index in [-0.39, 0.29) is 6.04 Å². The van der Waals surface area contributed by atoms with Crippen molar-refractivity contribution >= 4 is 34.5 Å². The van der Waals surface area contributed by atoms with Gasteiger partial charge in [-0.2, -0.15) is 11.3 Å². The first-order chi connectivity index (χ1) is 8.13. The van der Waals surface area contributed by atoms with E-state index < -0.39 is 0 Å². The van der Waals surface area contributed by atoms with E-state index in [1.165, 1.54) is 5.56 Å². The largest absolute Gasteiger partial charge is 0.271 e. The standard InChI is InChI=1S/C12H12Cl2N2S/c1-7-5-17-6-9(7)12(16-15)8-2-3-10(13)11(14)4-8/h2-6,12,16H,15H2,1H3. The topological polar surface area (TPSA) is 38.0 Å². The highest BCUT2D eigenvalue weighted by molar-refractivity contribution is 7.08. The molecule has 0 aliphatic heterocycles. The Kier molecular flexibility index (Phi) is 4.07. The SMILES string of the molecule is Cc1cscc1C(NN)c1ccc(Cl)c(Cl)c1. The van der Waals surface area contributed by atoms with E-state index in [1.807, 2.05) is 12.1 Å². The van der Waals surface area contributed by atoms with Crippen LogP contribution < -0.4 is 11.3 Å². The summed E-state index contributed by atoms with van der Waals surface area (Å²) in [6, 6.07) is 5.49. The lowest BCUT2D eigenvalue weighted by Gasteiger charge is -2.17. The number of hydrogen-bond donors (Lipinski definition) is 2. The Balaban J connectivity index is 2.42. The van der Waals surface area contributed by atoms with Gasteiger partial charge in [-0.1, -0.05) is 29.3 Å². The molecule has 0 aliphatic rings. The zero-order valence-corrected chi connectivity index (χ0v) is 11.5. The number of benzene rings is 1. The van der Waals surface area contributed by atoms with Crippen LogP contribution in [0.2, 0.25) is 10.0 Å². The monoisotopic (exact) mass is 286 g/mol. The number of hydrogen-bond acceptors (Lipinski definition) is 3. The van der Waals surface area contributed by atoms with Crippen LogP contribution in [0.3, 0.4) is 0 Å². The van der Waals surface area contributed by atoms with Crippen molar-refractivity contribution in [1.29, 1.82) is 0 Å². The average molecular weight is 287 g/mol. The number of thiophene rings is 1. The minimum atomic E-state index is -0.0592. The molecule has 1 aromatic carbocycles. The summed E-state index contributed by atoms with van der Waals surface area (Å²) in [6.07, 6.45) is 0. The van der Waals surface area contributed by atoms with Crippen molar-refractivity contribution in [3.63, 3.8) is 0 Å². The third kappa shape index (κ3) is 2.64. The van der Waals surface area contributed by atoms with Crippen LogP contribution in [-0.4, -0.2) is 0 Å². The number of aryl methyl sites for hydroxylation is 1. The number of nitrogens with two attached hydrogens (primary N) is 1. The van der Waals surface area contributed by atoms with Crippen molar-refractivity contribution in [1.82, 2.24) is 5.43 Å². The van der Waals surface area contributed by atoms with Crippen LogP contribution in [0.1, 0.15) is 22.7 Å². The predicted octanol–water partition coefficient (Wildman–Crippen LogP) is 3.92. The minimum Gasteiger partial charge on any atom is -0.271 e. The summed E-state index contributed by atoms with van der Waals surface area (Å²) >= 11 is 13.6. The van der Waals surface area contributed by atoms with Crippen molar-refractivity contribution in [3.8, 4) is 0 Å². The van der Waals surface area contributed by atoms with Gasteiger partial charge in [-0.3, -0.25) is 5.84 Å². The highest BCUT2D eigenvalue weighted by atomic mass is 35.5. The van der Waals surface area contributed by atoms with Crippen molar-refractivity contribution in [3.05, 3.63) is 55.7 Å². The van der Waals surface area contributed by atoms with E-state index in [9.17, 15) is 0 Å². The number of hydrazine groups is 1. The maximum Gasteiger partial charge on any atom is 0.0721 e. The Hall–Kier alpha value is -0.580. The first-order valence-electron chi connectivity index (χ1n) is 5.07. The molecule has 2 rings (SSSR count). The number of rotatable bonds is 3. The van der Waals surface area contributed by atoms with Gasteiger partial charge in [0.25, 0.3) is 0 Å².